The minimum Gasteiger partial charge on any atom is -0.264 e. The minimum atomic E-state index is 0.554. The molecule has 1 heterocycles. The Morgan fingerprint density at radius 3 is 2.58 bits per heavy atom. The first-order chi connectivity index (χ1) is 5.70. The monoisotopic (exact) mass is 181 g/mol. The third-order valence-corrected chi connectivity index (χ3v) is 2.85. The number of aromatic nitrogens is 1. The van der Waals surface area contributed by atoms with Crippen LogP contribution in [0.1, 0.15) is 31.6 Å². The number of hydrogen-bond acceptors (Lipinski definition) is 2. The normalized spacial score (nSPS) is 13.3. The van der Waals surface area contributed by atoms with Crippen LogP contribution in [0.4, 0.5) is 0 Å². The summed E-state index contributed by atoms with van der Waals surface area (Å²) in [7, 11) is 0. The minimum absolute atomic E-state index is 0.554. The lowest BCUT2D eigenvalue weighted by molar-refractivity contribution is 1.03. The average molecular weight is 181 g/mol. The first kappa shape index (κ1) is 9.59. The number of hydrogen-bond donors (Lipinski definition) is 0. The molecule has 0 saturated carbocycles. The van der Waals surface area contributed by atoms with Crippen molar-refractivity contribution in [2.24, 2.45) is 0 Å². The molecule has 1 aromatic heterocycles. The van der Waals surface area contributed by atoms with Gasteiger partial charge < -0.3 is 0 Å². The fraction of sp³-hybridized carbons (Fsp3) is 0.500. The average Bonchev–Trinajstić information content (AvgIpc) is 2.05. The van der Waals surface area contributed by atoms with Crippen molar-refractivity contribution in [3.8, 4) is 0 Å². The van der Waals surface area contributed by atoms with Crippen molar-refractivity contribution >= 4 is 11.8 Å². The lowest BCUT2D eigenvalue weighted by Gasteiger charge is -2.13. The summed E-state index contributed by atoms with van der Waals surface area (Å²) >= 11 is 1.97. The summed E-state index contributed by atoms with van der Waals surface area (Å²) in [5, 5.41) is 1.24. The molecule has 1 unspecified atom stereocenters. The van der Waals surface area contributed by atoms with Crippen LogP contribution in [-0.4, -0.2) is 10.2 Å². The van der Waals surface area contributed by atoms with Gasteiger partial charge in [0.05, 0.1) is 0 Å². The lowest BCUT2D eigenvalue weighted by atomic mass is 10.2. The van der Waals surface area contributed by atoms with Crippen LogP contribution < -0.4 is 0 Å². The van der Waals surface area contributed by atoms with Crippen LogP contribution in [0.5, 0.6) is 0 Å². The Kier molecular flexibility index (Phi) is 3.60. The highest BCUT2D eigenvalue weighted by Gasteiger charge is 2.06. The van der Waals surface area contributed by atoms with E-state index in [0.29, 0.717) is 10.5 Å². The van der Waals surface area contributed by atoms with Crippen LogP contribution in [0.2, 0.25) is 0 Å². The molecule has 1 rings (SSSR count). The third kappa shape index (κ3) is 2.86. The molecule has 1 nitrogen and oxygen atoms in total. The Morgan fingerprint density at radius 2 is 2.08 bits per heavy atom. The van der Waals surface area contributed by atoms with Gasteiger partial charge in [-0.15, -0.1) is 0 Å². The summed E-state index contributed by atoms with van der Waals surface area (Å²) in [5.74, 6) is 0. The van der Waals surface area contributed by atoms with Gasteiger partial charge in [0, 0.05) is 17.6 Å². The summed E-state index contributed by atoms with van der Waals surface area (Å²) in [5.41, 5.74) is 1.32. The molecule has 1 atom stereocenters. The van der Waals surface area contributed by atoms with E-state index in [1.165, 1.54) is 5.56 Å². The summed E-state index contributed by atoms with van der Waals surface area (Å²) in [6.07, 6.45) is 3.76. The van der Waals surface area contributed by atoms with Gasteiger partial charge in [-0.2, -0.15) is 11.8 Å². The van der Waals surface area contributed by atoms with E-state index >= 15 is 0 Å². The molecule has 0 saturated heterocycles. The molecule has 0 N–H and O–H groups in total. The molecule has 0 spiro atoms. The fourth-order valence-corrected chi connectivity index (χ4v) is 2.22. The van der Waals surface area contributed by atoms with Gasteiger partial charge >= 0.3 is 0 Å². The van der Waals surface area contributed by atoms with Gasteiger partial charge in [-0.1, -0.05) is 19.9 Å². The van der Waals surface area contributed by atoms with Crippen molar-refractivity contribution in [2.75, 3.05) is 0 Å². The topological polar surface area (TPSA) is 12.9 Å². The second-order valence-electron chi connectivity index (χ2n) is 3.11. The molecule has 0 aliphatic carbocycles. The Balaban J connectivity index is 2.59. The van der Waals surface area contributed by atoms with Crippen molar-refractivity contribution in [2.45, 2.75) is 31.3 Å². The highest BCUT2D eigenvalue weighted by molar-refractivity contribution is 8.00. The summed E-state index contributed by atoms with van der Waals surface area (Å²) < 4.78 is 0. The number of pyridine rings is 1. The molecular formula is C10H15NS. The maximum absolute atomic E-state index is 4.10. The highest BCUT2D eigenvalue weighted by atomic mass is 32.2. The van der Waals surface area contributed by atoms with Crippen molar-refractivity contribution in [3.63, 3.8) is 0 Å². The van der Waals surface area contributed by atoms with Crippen molar-refractivity contribution < 1.29 is 0 Å². The third-order valence-electron chi connectivity index (χ3n) is 1.63. The molecule has 0 aromatic carbocycles. The molecule has 0 aliphatic rings. The smallest absolute Gasteiger partial charge is 0.0311 e. The van der Waals surface area contributed by atoms with E-state index in [1.54, 1.807) is 0 Å². The van der Waals surface area contributed by atoms with Gasteiger partial charge in [-0.25, -0.2) is 0 Å². The van der Waals surface area contributed by atoms with Crippen LogP contribution in [0.25, 0.3) is 0 Å². The van der Waals surface area contributed by atoms with Gasteiger partial charge in [-0.05, 0) is 23.8 Å². The summed E-state index contributed by atoms with van der Waals surface area (Å²) in [4.78, 5) is 4.10. The van der Waals surface area contributed by atoms with Crippen LogP contribution in [0.15, 0.2) is 24.5 Å². The van der Waals surface area contributed by atoms with E-state index in [9.17, 15) is 0 Å². The molecule has 0 radical (unpaired) electrons. The van der Waals surface area contributed by atoms with Crippen LogP contribution in [0.3, 0.4) is 0 Å². The largest absolute Gasteiger partial charge is 0.264 e. The van der Waals surface area contributed by atoms with E-state index in [4.69, 9.17) is 0 Å². The summed E-state index contributed by atoms with van der Waals surface area (Å²) in [6.45, 7) is 6.66. The maximum Gasteiger partial charge on any atom is 0.0311 e. The van der Waals surface area contributed by atoms with Gasteiger partial charge in [0.25, 0.3) is 0 Å². The first-order valence-corrected chi connectivity index (χ1v) is 5.20. The predicted molar refractivity (Wildman–Crippen MR) is 55.4 cm³/mol. The molecule has 12 heavy (non-hydrogen) atoms. The van der Waals surface area contributed by atoms with Crippen molar-refractivity contribution in [1.82, 2.24) is 4.98 Å². The SMILES string of the molecule is CC(C)SC(C)c1cccnc1. The molecule has 0 aliphatic heterocycles. The van der Waals surface area contributed by atoms with E-state index in [-0.39, 0.29) is 0 Å². The second kappa shape index (κ2) is 4.51. The van der Waals surface area contributed by atoms with Crippen LogP contribution >= 0.6 is 11.8 Å². The standard InChI is InChI=1S/C10H15NS/c1-8(2)12-9(3)10-5-4-6-11-7-10/h4-9H,1-3H3. The fourth-order valence-electron chi connectivity index (χ4n) is 1.10. The Morgan fingerprint density at radius 1 is 1.33 bits per heavy atom. The van der Waals surface area contributed by atoms with E-state index in [2.05, 4.69) is 31.8 Å². The molecule has 66 valence electrons. The van der Waals surface area contributed by atoms with Gasteiger partial charge in [0.2, 0.25) is 0 Å². The quantitative estimate of drug-likeness (QED) is 0.709. The molecule has 1 aromatic rings. The molecule has 0 amide bonds. The predicted octanol–water partition coefficient (Wildman–Crippen LogP) is 3.28. The first-order valence-electron chi connectivity index (χ1n) is 4.25. The number of rotatable bonds is 3. The zero-order chi connectivity index (χ0) is 8.97. The van der Waals surface area contributed by atoms with Gasteiger partial charge in [0.1, 0.15) is 0 Å². The van der Waals surface area contributed by atoms with Gasteiger partial charge in [-0.3, -0.25) is 4.98 Å². The van der Waals surface area contributed by atoms with Crippen molar-refractivity contribution in [3.05, 3.63) is 30.1 Å². The summed E-state index contributed by atoms with van der Waals surface area (Å²) in [6, 6.07) is 4.12. The maximum atomic E-state index is 4.10. The lowest BCUT2D eigenvalue weighted by Crippen LogP contribution is -1.94. The Labute approximate surface area is 78.6 Å². The zero-order valence-corrected chi connectivity index (χ0v) is 8.64. The highest BCUT2D eigenvalue weighted by Crippen LogP contribution is 2.30. The Bertz CT molecular complexity index is 221. The molecule has 0 bridgehead atoms. The van der Waals surface area contributed by atoms with E-state index < -0.39 is 0 Å². The van der Waals surface area contributed by atoms with Gasteiger partial charge in [0.15, 0.2) is 0 Å². The van der Waals surface area contributed by atoms with Crippen molar-refractivity contribution in [1.29, 1.82) is 0 Å². The molecule has 2 heteroatoms. The molecule has 0 fully saturated rings. The van der Waals surface area contributed by atoms with Crippen LogP contribution in [0, 0.1) is 0 Å². The number of nitrogens with zero attached hydrogens (tertiary/aromatic N) is 1. The Hall–Kier alpha value is -0.500. The molecular weight excluding hydrogens is 166 g/mol. The van der Waals surface area contributed by atoms with E-state index in [0.717, 1.165) is 0 Å². The second-order valence-corrected chi connectivity index (χ2v) is 5.04. The number of thioether (sulfide) groups is 1. The van der Waals surface area contributed by atoms with Crippen LogP contribution in [-0.2, 0) is 0 Å². The zero-order valence-electron chi connectivity index (χ0n) is 7.82. The van der Waals surface area contributed by atoms with E-state index in [1.807, 2.05) is 30.2 Å².